The molecule has 126 valence electrons. The van der Waals surface area contributed by atoms with Gasteiger partial charge in [0.15, 0.2) is 0 Å². The topological polar surface area (TPSA) is 3.24 Å². The molecule has 0 N–H and O–H groups in total. The quantitative estimate of drug-likeness (QED) is 0.769. The van der Waals surface area contributed by atoms with Gasteiger partial charge in [-0.3, -0.25) is 9.38 Å². The summed E-state index contributed by atoms with van der Waals surface area (Å²) in [6, 6.07) is 18.8. The minimum absolute atomic E-state index is 0.768. The molecule has 2 atom stereocenters. The largest absolute Gasteiger partial charge is 0.291 e. The molecule has 1 saturated heterocycles. The Morgan fingerprint density at radius 3 is 2.33 bits per heavy atom. The van der Waals surface area contributed by atoms with Crippen LogP contribution in [0, 0.1) is 13.8 Å². The zero-order chi connectivity index (χ0) is 16.7. The van der Waals surface area contributed by atoms with Crippen LogP contribution in [0.5, 0.6) is 0 Å². The zero-order valence-electron chi connectivity index (χ0n) is 15.2. The second kappa shape index (κ2) is 6.02. The molecule has 1 heterocycles. The molecule has 0 spiro atoms. The van der Waals surface area contributed by atoms with Gasteiger partial charge in [0.25, 0.3) is 0 Å². The maximum absolute atomic E-state index is 2.74. The lowest BCUT2D eigenvalue weighted by Gasteiger charge is -2.42. The van der Waals surface area contributed by atoms with E-state index in [-0.39, 0.29) is 0 Å². The third-order valence-electron chi connectivity index (χ3n) is 6.15. The summed E-state index contributed by atoms with van der Waals surface area (Å²) in [5.74, 6) is 0.768. The van der Waals surface area contributed by atoms with E-state index in [4.69, 9.17) is 0 Å². The van der Waals surface area contributed by atoms with Crippen LogP contribution in [-0.2, 0) is 0 Å². The van der Waals surface area contributed by atoms with E-state index < -0.39 is 0 Å². The number of piperazine rings is 1. The molecule has 0 unspecified atom stereocenters. The van der Waals surface area contributed by atoms with Gasteiger partial charge in [-0.15, -0.1) is 0 Å². The second-order valence-electron chi connectivity index (χ2n) is 7.99. The van der Waals surface area contributed by atoms with Crippen molar-refractivity contribution in [3.05, 3.63) is 65.2 Å². The predicted molar refractivity (Wildman–Crippen MR) is 103 cm³/mol. The molecule has 2 aromatic carbocycles. The first-order valence-electron chi connectivity index (χ1n) is 9.28. The summed E-state index contributed by atoms with van der Waals surface area (Å²) in [7, 11) is 2.41. The molecule has 2 aromatic rings. The number of hydrogen-bond acceptors (Lipinski definition) is 1. The monoisotopic (exact) mass is 321 g/mol. The Bertz CT molecular complexity index is 714. The molecule has 2 fully saturated rings. The van der Waals surface area contributed by atoms with Crippen molar-refractivity contribution in [1.29, 1.82) is 0 Å². The molecular formula is C22H29N2+. The molecule has 4 rings (SSSR count). The van der Waals surface area contributed by atoms with E-state index in [1.165, 1.54) is 55.0 Å². The van der Waals surface area contributed by atoms with Crippen LogP contribution in [-0.4, -0.2) is 44.2 Å². The average Bonchev–Trinajstić information content (AvgIpc) is 3.37. The third-order valence-corrected chi connectivity index (χ3v) is 6.15. The van der Waals surface area contributed by atoms with Crippen LogP contribution in [0.3, 0.4) is 0 Å². The summed E-state index contributed by atoms with van der Waals surface area (Å²) in [6.45, 7) is 9.34. The highest BCUT2D eigenvalue weighted by molar-refractivity contribution is 5.51. The van der Waals surface area contributed by atoms with Gasteiger partial charge in [-0.1, -0.05) is 48.0 Å². The van der Waals surface area contributed by atoms with Crippen LogP contribution in [0.25, 0.3) is 0 Å². The van der Waals surface area contributed by atoms with Gasteiger partial charge in [0, 0.05) is 30.6 Å². The van der Waals surface area contributed by atoms with Crippen LogP contribution in [0.1, 0.15) is 29.0 Å². The van der Waals surface area contributed by atoms with E-state index in [1.807, 2.05) is 0 Å². The van der Waals surface area contributed by atoms with Crippen LogP contribution >= 0.6 is 0 Å². The molecule has 2 heteroatoms. The number of aryl methyl sites for hydroxylation is 2. The number of rotatable bonds is 3. The SMILES string of the molecule is Cc1ccc([N+]2(C)CCN([C@H]3C[C@H]3c3ccccc3)CC2)c(C)c1. The average molecular weight is 321 g/mol. The highest BCUT2D eigenvalue weighted by Crippen LogP contribution is 2.45. The standard InChI is InChI=1S/C22H29N2/c1-17-9-10-22(18(2)15-17)24(3)13-11-23(12-14-24)21-16-20(21)19-7-5-4-6-8-19/h4-10,15,20-21H,11-14,16H2,1-3H3/q+1/t20-,21-/m0/s1. The maximum Gasteiger partial charge on any atom is 0.135 e. The van der Waals surface area contributed by atoms with E-state index in [9.17, 15) is 0 Å². The number of hydrogen-bond donors (Lipinski definition) is 0. The van der Waals surface area contributed by atoms with Gasteiger partial charge in [-0.2, -0.15) is 0 Å². The predicted octanol–water partition coefficient (Wildman–Crippen LogP) is 4.11. The van der Waals surface area contributed by atoms with E-state index in [0.29, 0.717) is 0 Å². The lowest BCUT2D eigenvalue weighted by atomic mass is 10.1. The summed E-state index contributed by atoms with van der Waals surface area (Å²) in [5.41, 5.74) is 5.85. The first-order valence-corrected chi connectivity index (χ1v) is 9.28. The van der Waals surface area contributed by atoms with Crippen LogP contribution in [0.2, 0.25) is 0 Å². The van der Waals surface area contributed by atoms with Crippen molar-refractivity contribution in [2.45, 2.75) is 32.2 Å². The molecule has 1 saturated carbocycles. The van der Waals surface area contributed by atoms with Crippen molar-refractivity contribution in [3.8, 4) is 0 Å². The summed E-state index contributed by atoms with van der Waals surface area (Å²) in [4.78, 5) is 2.74. The lowest BCUT2D eigenvalue weighted by Crippen LogP contribution is -2.59. The normalized spacial score (nSPS) is 26.3. The van der Waals surface area contributed by atoms with E-state index in [0.717, 1.165) is 16.4 Å². The first-order chi connectivity index (χ1) is 11.6. The van der Waals surface area contributed by atoms with Gasteiger partial charge >= 0.3 is 0 Å². The number of quaternary nitrogens is 1. The number of nitrogens with zero attached hydrogens (tertiary/aromatic N) is 2. The van der Waals surface area contributed by atoms with Crippen molar-refractivity contribution in [2.75, 3.05) is 33.2 Å². The Hall–Kier alpha value is -1.64. The molecule has 1 aliphatic heterocycles. The zero-order valence-corrected chi connectivity index (χ0v) is 15.2. The molecule has 0 bridgehead atoms. The summed E-state index contributed by atoms with van der Waals surface area (Å²) >= 11 is 0. The lowest BCUT2D eigenvalue weighted by molar-refractivity contribution is 0.146. The summed E-state index contributed by atoms with van der Waals surface area (Å²) in [5, 5.41) is 0. The molecule has 2 nitrogen and oxygen atoms in total. The maximum atomic E-state index is 2.74. The molecule has 0 radical (unpaired) electrons. The Morgan fingerprint density at radius 2 is 1.67 bits per heavy atom. The summed E-state index contributed by atoms with van der Waals surface area (Å²) in [6.07, 6.45) is 1.34. The van der Waals surface area contributed by atoms with Gasteiger partial charge in [0.05, 0.1) is 20.1 Å². The van der Waals surface area contributed by atoms with Crippen LogP contribution in [0.4, 0.5) is 5.69 Å². The minimum Gasteiger partial charge on any atom is -0.291 e. The van der Waals surface area contributed by atoms with Gasteiger partial charge in [-0.25, -0.2) is 0 Å². The van der Waals surface area contributed by atoms with E-state index >= 15 is 0 Å². The first kappa shape index (κ1) is 15.9. The van der Waals surface area contributed by atoms with Crippen molar-refractivity contribution in [2.24, 2.45) is 0 Å². The molecule has 2 aliphatic rings. The fourth-order valence-electron chi connectivity index (χ4n) is 4.55. The van der Waals surface area contributed by atoms with Gasteiger partial charge in [0.2, 0.25) is 0 Å². The van der Waals surface area contributed by atoms with Crippen molar-refractivity contribution in [1.82, 2.24) is 9.38 Å². The van der Waals surface area contributed by atoms with Gasteiger partial charge in [-0.05, 0) is 31.9 Å². The Kier molecular flexibility index (Phi) is 3.98. The highest BCUT2D eigenvalue weighted by atomic mass is 15.4. The second-order valence-corrected chi connectivity index (χ2v) is 7.99. The van der Waals surface area contributed by atoms with Crippen molar-refractivity contribution < 1.29 is 0 Å². The van der Waals surface area contributed by atoms with Gasteiger partial charge < -0.3 is 0 Å². The fraction of sp³-hybridized carbons (Fsp3) is 0.455. The number of benzene rings is 2. The van der Waals surface area contributed by atoms with Crippen molar-refractivity contribution >= 4 is 5.69 Å². The minimum atomic E-state index is 0.768. The van der Waals surface area contributed by atoms with E-state index in [2.05, 4.69) is 74.3 Å². The van der Waals surface area contributed by atoms with Gasteiger partial charge in [0.1, 0.15) is 5.69 Å². The smallest absolute Gasteiger partial charge is 0.135 e. The Labute approximate surface area is 146 Å². The fourth-order valence-corrected chi connectivity index (χ4v) is 4.55. The molecule has 0 aromatic heterocycles. The number of likely N-dealkylation sites (N-methyl/N-ethyl adjacent to an activating group) is 1. The summed E-state index contributed by atoms with van der Waals surface area (Å²) < 4.78 is 1.09. The molecular weight excluding hydrogens is 292 g/mol. The Morgan fingerprint density at radius 1 is 0.958 bits per heavy atom. The van der Waals surface area contributed by atoms with Crippen LogP contribution in [0.15, 0.2) is 48.5 Å². The Balaban J connectivity index is 1.42. The van der Waals surface area contributed by atoms with E-state index in [1.54, 1.807) is 0 Å². The highest BCUT2D eigenvalue weighted by Gasteiger charge is 2.45. The molecule has 0 amide bonds. The third kappa shape index (κ3) is 2.89. The van der Waals surface area contributed by atoms with Crippen LogP contribution < -0.4 is 4.48 Å². The molecule has 24 heavy (non-hydrogen) atoms. The molecule has 1 aliphatic carbocycles. The van der Waals surface area contributed by atoms with Crippen molar-refractivity contribution in [3.63, 3.8) is 0 Å².